The minimum absolute atomic E-state index is 0.0878. The first kappa shape index (κ1) is 27.3. The normalized spacial score (nSPS) is 12.3. The molecule has 1 amide bonds. The first-order chi connectivity index (χ1) is 18.4. The molecule has 0 bridgehead atoms. The fraction of sp³-hybridized carbons (Fsp3) is 0.0833. The zero-order valence-corrected chi connectivity index (χ0v) is 20.5. The van der Waals surface area contributed by atoms with Crippen LogP contribution in [0.25, 0.3) is 16.9 Å². The number of aromatic nitrogens is 4. The Morgan fingerprint density at radius 3 is 2.23 bits per heavy atom. The molecule has 0 aliphatic heterocycles. The summed E-state index contributed by atoms with van der Waals surface area (Å²) in [5.41, 5.74) is 0.498. The largest absolute Gasteiger partial charge is 0.431 e. The molecule has 15 heteroatoms. The number of primary sulfonamides is 1. The summed E-state index contributed by atoms with van der Waals surface area (Å²) in [6.45, 7) is 0. The van der Waals surface area contributed by atoms with Gasteiger partial charge in [0, 0.05) is 11.8 Å². The van der Waals surface area contributed by atoms with E-state index in [9.17, 15) is 31.2 Å². The maximum Gasteiger partial charge on any atom is 0.431 e. The van der Waals surface area contributed by atoms with E-state index in [1.54, 1.807) is 30.3 Å². The molecule has 0 saturated heterocycles. The van der Waals surface area contributed by atoms with E-state index in [0.29, 0.717) is 5.56 Å². The third-order valence-electron chi connectivity index (χ3n) is 5.24. The molecule has 4 rings (SSSR count). The van der Waals surface area contributed by atoms with Crippen molar-refractivity contribution in [1.29, 1.82) is 0 Å². The predicted molar refractivity (Wildman–Crippen MR) is 132 cm³/mol. The zero-order chi connectivity index (χ0) is 28.2. The van der Waals surface area contributed by atoms with Crippen LogP contribution in [0.2, 0.25) is 0 Å². The number of carbonyl (C=O) groups excluding carboxylic acids is 2. The number of carbonyl (C=O) groups is 2. The number of sulfonamides is 1. The van der Waals surface area contributed by atoms with Gasteiger partial charge in [0.05, 0.1) is 17.0 Å². The highest BCUT2D eigenvalue weighted by atomic mass is 32.2. The monoisotopic (exact) mass is 557 g/mol. The van der Waals surface area contributed by atoms with Crippen molar-refractivity contribution in [2.75, 3.05) is 0 Å². The second-order valence-corrected chi connectivity index (χ2v) is 9.48. The lowest BCUT2D eigenvalue weighted by Crippen LogP contribution is -2.30. The highest BCUT2D eigenvalue weighted by molar-refractivity contribution is 7.89. The summed E-state index contributed by atoms with van der Waals surface area (Å²) in [6.07, 6.45) is -4.92. The van der Waals surface area contributed by atoms with Gasteiger partial charge in [-0.1, -0.05) is 41.6 Å². The summed E-state index contributed by atoms with van der Waals surface area (Å²) in [5.74, 6) is -2.08. The lowest BCUT2D eigenvalue weighted by atomic mass is 10.1. The molecular weight excluding hydrogens is 539 g/mol. The first-order valence-electron chi connectivity index (χ1n) is 11.0. The molecule has 0 unspecified atom stereocenters. The van der Waals surface area contributed by atoms with Gasteiger partial charge in [-0.05, 0) is 36.4 Å². The van der Waals surface area contributed by atoms with Crippen LogP contribution in [-0.4, -0.2) is 52.0 Å². The van der Waals surface area contributed by atoms with E-state index < -0.39 is 40.0 Å². The topological polar surface area (TPSA) is 162 Å². The zero-order valence-electron chi connectivity index (χ0n) is 19.7. The predicted octanol–water partition coefficient (Wildman–Crippen LogP) is 2.90. The molecule has 39 heavy (non-hydrogen) atoms. The van der Waals surface area contributed by atoms with Crippen molar-refractivity contribution in [3.05, 3.63) is 90.4 Å². The number of benzene rings is 2. The van der Waals surface area contributed by atoms with Crippen LogP contribution < -0.4 is 10.6 Å². The van der Waals surface area contributed by atoms with Crippen molar-refractivity contribution in [3.63, 3.8) is 0 Å². The molecule has 0 fully saturated rings. The SMILES string of the molecule is NS(=O)(=O)c1ccc(-n2nnc(C(=O)N/N=C(/CC(=O)c3ccccn3)C(F)(F)F)c2-c2ccccc2)cc1. The van der Waals surface area contributed by atoms with Gasteiger partial charge in [0.15, 0.2) is 11.5 Å². The van der Waals surface area contributed by atoms with Crippen molar-refractivity contribution >= 4 is 27.4 Å². The Hall–Kier alpha value is -4.76. The summed E-state index contributed by atoms with van der Waals surface area (Å²) in [6, 6.07) is 17.6. The van der Waals surface area contributed by atoms with Gasteiger partial charge in [0.1, 0.15) is 17.1 Å². The highest BCUT2D eigenvalue weighted by Crippen LogP contribution is 2.26. The van der Waals surface area contributed by atoms with Crippen molar-refractivity contribution in [2.24, 2.45) is 10.2 Å². The summed E-state index contributed by atoms with van der Waals surface area (Å²) in [7, 11) is -3.97. The Labute approximate surface area is 219 Å². The molecular formula is C24H18F3N7O4S. The number of halogens is 3. The van der Waals surface area contributed by atoms with E-state index in [1.165, 1.54) is 53.3 Å². The molecule has 0 spiro atoms. The number of alkyl halides is 3. The van der Waals surface area contributed by atoms with Crippen LogP contribution in [0.5, 0.6) is 0 Å². The lowest BCUT2D eigenvalue weighted by Gasteiger charge is -2.11. The van der Waals surface area contributed by atoms with Crippen LogP contribution in [0, 0.1) is 0 Å². The Morgan fingerprint density at radius 1 is 0.974 bits per heavy atom. The number of hydrogen-bond acceptors (Lipinski definition) is 8. The second kappa shape index (κ2) is 10.9. The quantitative estimate of drug-likeness (QED) is 0.191. The molecule has 0 radical (unpaired) electrons. The lowest BCUT2D eigenvalue weighted by molar-refractivity contribution is -0.0605. The first-order valence-corrected chi connectivity index (χ1v) is 12.5. The number of amides is 1. The number of nitrogens with two attached hydrogens (primary N) is 1. The minimum atomic E-state index is -5.03. The minimum Gasteiger partial charge on any atom is -0.292 e. The van der Waals surface area contributed by atoms with Crippen LogP contribution in [0.1, 0.15) is 27.4 Å². The highest BCUT2D eigenvalue weighted by Gasteiger charge is 2.38. The van der Waals surface area contributed by atoms with Crippen LogP contribution in [0.15, 0.2) is 89.0 Å². The second-order valence-electron chi connectivity index (χ2n) is 7.92. The van der Waals surface area contributed by atoms with Gasteiger partial charge in [-0.2, -0.15) is 18.3 Å². The Kier molecular flexibility index (Phi) is 7.64. The number of hydrazone groups is 1. The van der Waals surface area contributed by atoms with Crippen LogP contribution in [-0.2, 0) is 10.0 Å². The van der Waals surface area contributed by atoms with Crippen molar-refractivity contribution in [1.82, 2.24) is 25.4 Å². The smallest absolute Gasteiger partial charge is 0.292 e. The standard InChI is InChI=1S/C24H18F3N7O4S/c25-24(26,27)20(14-19(35)18-8-4-5-13-29-18)30-32-23(36)21-22(15-6-2-1-3-7-15)34(33-31-21)16-9-11-17(12-10-16)39(28,37)38/h1-13H,14H2,(H,32,36)(H2,28,37,38)/b30-20-. The number of nitrogens with one attached hydrogen (secondary N) is 1. The van der Waals surface area contributed by atoms with Gasteiger partial charge >= 0.3 is 6.18 Å². The van der Waals surface area contributed by atoms with Gasteiger partial charge in [-0.25, -0.2) is 23.7 Å². The fourth-order valence-corrected chi connectivity index (χ4v) is 3.91. The van der Waals surface area contributed by atoms with Gasteiger partial charge in [0.2, 0.25) is 10.0 Å². The Balaban J connectivity index is 1.68. The summed E-state index contributed by atoms with van der Waals surface area (Å²) >= 11 is 0. The van der Waals surface area contributed by atoms with E-state index in [1.807, 2.05) is 5.43 Å². The average Bonchev–Trinajstić information content (AvgIpc) is 3.36. The van der Waals surface area contributed by atoms with E-state index in [2.05, 4.69) is 20.4 Å². The number of hydrogen-bond donors (Lipinski definition) is 2. The maximum atomic E-state index is 13.6. The van der Waals surface area contributed by atoms with E-state index in [-0.39, 0.29) is 27.7 Å². The molecule has 0 saturated carbocycles. The molecule has 3 N–H and O–H groups in total. The van der Waals surface area contributed by atoms with E-state index in [0.717, 1.165) is 0 Å². The van der Waals surface area contributed by atoms with Gasteiger partial charge in [-0.3, -0.25) is 14.6 Å². The number of nitrogens with zero attached hydrogens (tertiary/aromatic N) is 5. The molecule has 11 nitrogen and oxygen atoms in total. The van der Waals surface area contributed by atoms with Crippen LogP contribution >= 0.6 is 0 Å². The molecule has 2 aromatic carbocycles. The van der Waals surface area contributed by atoms with Gasteiger partial charge in [-0.15, -0.1) is 5.10 Å². The van der Waals surface area contributed by atoms with E-state index in [4.69, 9.17) is 5.14 Å². The summed E-state index contributed by atoms with van der Waals surface area (Å²) < 4.78 is 65.2. The Morgan fingerprint density at radius 2 is 1.64 bits per heavy atom. The number of ketones is 1. The van der Waals surface area contributed by atoms with E-state index >= 15 is 0 Å². The number of rotatable bonds is 8. The van der Waals surface area contributed by atoms with Crippen molar-refractivity contribution in [2.45, 2.75) is 17.5 Å². The molecule has 0 aliphatic carbocycles. The average molecular weight is 558 g/mol. The molecule has 4 aromatic rings. The third-order valence-corrected chi connectivity index (χ3v) is 6.17. The molecule has 200 valence electrons. The Bertz CT molecular complexity index is 1640. The van der Waals surface area contributed by atoms with Crippen LogP contribution in [0.3, 0.4) is 0 Å². The van der Waals surface area contributed by atoms with Gasteiger partial charge in [0.25, 0.3) is 5.91 Å². The molecule has 2 aromatic heterocycles. The third kappa shape index (κ3) is 6.39. The molecule has 0 atom stereocenters. The van der Waals surface area contributed by atoms with Crippen molar-refractivity contribution < 1.29 is 31.2 Å². The summed E-state index contributed by atoms with van der Waals surface area (Å²) in [4.78, 5) is 28.8. The summed E-state index contributed by atoms with van der Waals surface area (Å²) in [5, 5.41) is 16.1. The molecule has 2 heterocycles. The van der Waals surface area contributed by atoms with Gasteiger partial charge < -0.3 is 0 Å². The number of Topliss-reactive ketones (excluding diaryl/α,β-unsaturated/α-hetero) is 1. The van der Waals surface area contributed by atoms with Crippen LogP contribution in [0.4, 0.5) is 13.2 Å². The fourth-order valence-electron chi connectivity index (χ4n) is 3.39. The maximum absolute atomic E-state index is 13.6. The number of pyridine rings is 1. The molecule has 0 aliphatic rings. The van der Waals surface area contributed by atoms with Crippen molar-refractivity contribution in [3.8, 4) is 16.9 Å².